The van der Waals surface area contributed by atoms with Crippen LogP contribution in [0.15, 0.2) is 36.4 Å². The van der Waals surface area contributed by atoms with Crippen molar-refractivity contribution in [2.24, 2.45) is 0 Å². The molecule has 3 rings (SSSR count). The fraction of sp³-hybridized carbons (Fsp3) is 0.429. The van der Waals surface area contributed by atoms with E-state index in [4.69, 9.17) is 22.1 Å². The van der Waals surface area contributed by atoms with Gasteiger partial charge in [-0.3, -0.25) is 0 Å². The van der Waals surface area contributed by atoms with Gasteiger partial charge in [0.1, 0.15) is 5.75 Å². The van der Waals surface area contributed by atoms with Crippen molar-refractivity contribution in [1.82, 2.24) is 4.90 Å². The minimum atomic E-state index is 0. The molecule has 4 nitrogen and oxygen atoms in total. The Labute approximate surface area is 185 Å². The van der Waals surface area contributed by atoms with Gasteiger partial charge in [-0.2, -0.15) is 0 Å². The van der Waals surface area contributed by atoms with E-state index in [1.807, 2.05) is 24.3 Å². The quantitative estimate of drug-likeness (QED) is 0.526. The van der Waals surface area contributed by atoms with Crippen LogP contribution >= 0.6 is 36.4 Å². The van der Waals surface area contributed by atoms with E-state index < -0.39 is 0 Å². The van der Waals surface area contributed by atoms with Crippen LogP contribution in [0.4, 0.5) is 5.69 Å². The molecule has 0 bridgehead atoms. The Morgan fingerprint density at radius 2 is 1.61 bits per heavy atom. The molecule has 0 saturated heterocycles. The summed E-state index contributed by atoms with van der Waals surface area (Å²) in [7, 11) is 2.16. The number of anilines is 1. The lowest BCUT2D eigenvalue weighted by atomic mass is 10.0. The predicted molar refractivity (Wildman–Crippen MR) is 124 cm³/mol. The number of hydrogen-bond donors (Lipinski definition) is 1. The maximum absolute atomic E-state index is 6.41. The highest BCUT2D eigenvalue weighted by Gasteiger charge is 2.18. The molecule has 1 aliphatic heterocycles. The molecular weight excluding hydrogens is 419 g/mol. The highest BCUT2D eigenvalue weighted by Crippen LogP contribution is 2.31. The summed E-state index contributed by atoms with van der Waals surface area (Å²) < 4.78 is 6.11. The number of nitrogens with two attached hydrogens (primary N) is 1. The van der Waals surface area contributed by atoms with Gasteiger partial charge in [-0.1, -0.05) is 23.7 Å². The monoisotopic (exact) mass is 448 g/mol. The fourth-order valence-corrected chi connectivity index (χ4v) is 3.61. The van der Waals surface area contributed by atoms with Gasteiger partial charge in [0.2, 0.25) is 0 Å². The molecule has 0 spiro atoms. The third-order valence-corrected chi connectivity index (χ3v) is 5.27. The Kier molecular flexibility index (Phi) is 12.6. The molecule has 7 heteroatoms. The Hall–Kier alpha value is -1.17. The zero-order chi connectivity index (χ0) is 17.6. The van der Waals surface area contributed by atoms with E-state index >= 15 is 0 Å². The Morgan fingerprint density at radius 1 is 0.964 bits per heavy atom. The highest BCUT2D eigenvalue weighted by molar-refractivity contribution is 6.31. The van der Waals surface area contributed by atoms with Crippen LogP contribution in [0.25, 0.3) is 0 Å². The Balaban J connectivity index is 0.00000243. The van der Waals surface area contributed by atoms with Crippen molar-refractivity contribution in [2.45, 2.75) is 32.1 Å². The van der Waals surface area contributed by atoms with Crippen LogP contribution in [0.3, 0.4) is 0 Å². The van der Waals surface area contributed by atoms with Crippen molar-refractivity contribution in [3.63, 3.8) is 0 Å². The van der Waals surface area contributed by atoms with Crippen LogP contribution in [0.1, 0.15) is 29.5 Å². The van der Waals surface area contributed by atoms with Crippen LogP contribution in [-0.2, 0) is 19.3 Å². The van der Waals surface area contributed by atoms with E-state index in [0.717, 1.165) is 68.3 Å². The second-order valence-electron chi connectivity index (χ2n) is 6.85. The zero-order valence-corrected chi connectivity index (χ0v) is 18.6. The van der Waals surface area contributed by atoms with E-state index in [1.54, 1.807) is 0 Å². The molecule has 1 heterocycles. The molecule has 0 radical (unpaired) electrons. The molecule has 28 heavy (non-hydrogen) atoms. The van der Waals surface area contributed by atoms with Gasteiger partial charge in [0.25, 0.3) is 0 Å². The number of nitrogen functional groups attached to an aromatic ring is 1. The third kappa shape index (κ3) is 7.34. The molecule has 0 atom stereocenters. The summed E-state index contributed by atoms with van der Waals surface area (Å²) in [5.74, 6) is 1.02. The summed E-state index contributed by atoms with van der Waals surface area (Å²) in [6.07, 6.45) is 5.23. The first-order valence-corrected chi connectivity index (χ1v) is 9.47. The Morgan fingerprint density at radius 3 is 2.29 bits per heavy atom. The predicted octanol–water partition coefficient (Wildman–Crippen LogP) is 4.37. The van der Waals surface area contributed by atoms with Crippen molar-refractivity contribution < 1.29 is 10.2 Å². The number of aryl methyl sites for hydroxylation is 1. The van der Waals surface area contributed by atoms with Crippen molar-refractivity contribution in [1.29, 1.82) is 0 Å². The lowest BCUT2D eigenvalue weighted by Gasteiger charge is -2.15. The largest absolute Gasteiger partial charge is 0.493 e. The standard InChI is InChI=1S/C21H27ClN2O.2ClH.H2O/c1-24-13-11-18-19(12-14-24)21(10-9-20(18)22)25-15-3-2-4-16-5-7-17(23)8-6-16;;;/h5-10H,2-4,11-15,23H2,1H3;2*1H;1H2. The van der Waals surface area contributed by atoms with Gasteiger partial charge < -0.3 is 20.8 Å². The summed E-state index contributed by atoms with van der Waals surface area (Å²) in [5, 5.41) is 0.876. The van der Waals surface area contributed by atoms with Gasteiger partial charge in [0, 0.05) is 29.4 Å². The summed E-state index contributed by atoms with van der Waals surface area (Å²) in [6.45, 7) is 2.86. The first-order chi connectivity index (χ1) is 12.1. The van der Waals surface area contributed by atoms with E-state index in [1.165, 1.54) is 16.7 Å². The number of benzene rings is 2. The number of ether oxygens (including phenoxy) is 1. The number of hydrogen-bond acceptors (Lipinski definition) is 3. The first-order valence-electron chi connectivity index (χ1n) is 9.09. The summed E-state index contributed by atoms with van der Waals surface area (Å²) in [5.41, 5.74) is 10.4. The second kappa shape index (κ2) is 13.1. The summed E-state index contributed by atoms with van der Waals surface area (Å²) >= 11 is 6.41. The molecule has 1 aliphatic rings. The molecule has 2 aromatic rings. The van der Waals surface area contributed by atoms with E-state index in [0.29, 0.717) is 0 Å². The third-order valence-electron chi connectivity index (χ3n) is 4.92. The van der Waals surface area contributed by atoms with Crippen molar-refractivity contribution >= 4 is 42.1 Å². The highest BCUT2D eigenvalue weighted by atomic mass is 35.5. The maximum atomic E-state index is 6.41. The average Bonchev–Trinajstić information content (AvgIpc) is 2.81. The molecule has 158 valence electrons. The minimum Gasteiger partial charge on any atom is -0.493 e. The van der Waals surface area contributed by atoms with Gasteiger partial charge >= 0.3 is 0 Å². The van der Waals surface area contributed by atoms with E-state index in [-0.39, 0.29) is 30.3 Å². The van der Waals surface area contributed by atoms with Crippen molar-refractivity contribution in [2.75, 3.05) is 32.5 Å². The van der Waals surface area contributed by atoms with Gasteiger partial charge in [-0.15, -0.1) is 24.8 Å². The number of nitrogens with zero attached hydrogens (tertiary/aromatic N) is 1. The molecule has 0 saturated carbocycles. The molecule has 0 amide bonds. The molecule has 0 fully saturated rings. The van der Waals surface area contributed by atoms with Gasteiger partial charge in [-0.25, -0.2) is 0 Å². The molecule has 0 aliphatic carbocycles. The maximum Gasteiger partial charge on any atom is 0.122 e. The number of rotatable bonds is 6. The topological polar surface area (TPSA) is 70.0 Å². The van der Waals surface area contributed by atoms with Crippen LogP contribution in [0.2, 0.25) is 5.02 Å². The van der Waals surface area contributed by atoms with Crippen LogP contribution < -0.4 is 10.5 Å². The number of halogens is 3. The van der Waals surface area contributed by atoms with Gasteiger partial charge in [0.05, 0.1) is 6.61 Å². The first kappa shape index (κ1) is 26.8. The fourth-order valence-electron chi connectivity index (χ4n) is 3.34. The minimum absolute atomic E-state index is 0. The van der Waals surface area contributed by atoms with Crippen LogP contribution in [-0.4, -0.2) is 37.1 Å². The number of likely N-dealkylation sites (N-methyl/N-ethyl adjacent to an activating group) is 1. The van der Waals surface area contributed by atoms with Crippen LogP contribution in [0, 0.1) is 0 Å². The molecule has 4 N–H and O–H groups in total. The van der Waals surface area contributed by atoms with Crippen molar-refractivity contribution in [3.05, 3.63) is 58.1 Å². The molecule has 0 aromatic heterocycles. The van der Waals surface area contributed by atoms with Gasteiger partial charge in [0.15, 0.2) is 0 Å². The lowest BCUT2D eigenvalue weighted by Crippen LogP contribution is -2.20. The van der Waals surface area contributed by atoms with Gasteiger partial charge in [-0.05, 0) is 74.5 Å². The summed E-state index contributed by atoms with van der Waals surface area (Å²) in [6, 6.07) is 12.1. The molecular formula is C21H31Cl3N2O2. The van der Waals surface area contributed by atoms with E-state index in [2.05, 4.69) is 24.1 Å². The summed E-state index contributed by atoms with van der Waals surface area (Å²) in [4.78, 5) is 2.35. The van der Waals surface area contributed by atoms with Crippen molar-refractivity contribution in [3.8, 4) is 5.75 Å². The zero-order valence-electron chi connectivity index (χ0n) is 16.2. The number of fused-ring (bicyclic) bond motifs is 1. The van der Waals surface area contributed by atoms with Crippen LogP contribution in [0.5, 0.6) is 5.75 Å². The SMILES string of the molecule is CN1CCc2c(Cl)ccc(OCCCCc3ccc(N)cc3)c2CC1.Cl.Cl.O. The molecule has 2 aromatic carbocycles. The normalized spacial score (nSPS) is 13.2. The number of unbranched alkanes of at least 4 members (excludes halogenated alkanes) is 1. The molecule has 0 unspecified atom stereocenters. The average molecular weight is 450 g/mol. The van der Waals surface area contributed by atoms with E-state index in [9.17, 15) is 0 Å². The lowest BCUT2D eigenvalue weighted by molar-refractivity contribution is 0.302. The second-order valence-corrected chi connectivity index (χ2v) is 7.26. The smallest absolute Gasteiger partial charge is 0.122 e. The Bertz CT molecular complexity index is 712.